The minimum atomic E-state index is -5.68. The Bertz CT molecular complexity index is 155. The largest absolute Gasteiger partial charge is 3.00 e. The van der Waals surface area contributed by atoms with Crippen molar-refractivity contribution >= 4 is 15.6 Å². The molecule has 69 valence electrons. The molecule has 0 aliphatic heterocycles. The Morgan fingerprint density at radius 2 is 1.09 bits per heavy atom. The molecule has 0 bridgehead atoms. The second kappa shape index (κ2) is 5.86. The molecule has 0 aliphatic rings. The molecule has 0 heterocycles. The van der Waals surface area contributed by atoms with Crippen LogP contribution in [0.2, 0.25) is 0 Å². The van der Waals surface area contributed by atoms with Crippen molar-refractivity contribution in [1.29, 1.82) is 0 Å². The Hall–Kier alpha value is 1.30. The van der Waals surface area contributed by atoms with Crippen molar-refractivity contribution in [2.75, 3.05) is 0 Å². The van der Waals surface area contributed by atoms with Crippen molar-refractivity contribution < 1.29 is 67.2 Å². The third-order valence-electron chi connectivity index (χ3n) is 0.200. The summed E-state index contributed by atoms with van der Waals surface area (Å²) in [4.78, 5) is 37.3. The summed E-state index contributed by atoms with van der Waals surface area (Å²) in [5.41, 5.74) is 0. The first kappa shape index (κ1) is 18.2. The van der Waals surface area contributed by atoms with Gasteiger partial charge in [-0.15, -0.1) is 0 Å². The zero-order valence-electron chi connectivity index (χ0n) is 4.46. The van der Waals surface area contributed by atoms with Gasteiger partial charge >= 0.3 is 17.1 Å². The summed E-state index contributed by atoms with van der Waals surface area (Å²) in [7, 11) is -11.4. The Labute approximate surface area is 83.0 Å². The van der Waals surface area contributed by atoms with Gasteiger partial charge in [-0.2, -0.15) is 0 Å². The summed E-state index contributed by atoms with van der Waals surface area (Å²) in [6, 6.07) is 0. The topological polar surface area (TPSA) is 136 Å². The van der Waals surface area contributed by atoms with E-state index in [9.17, 15) is 28.7 Å². The van der Waals surface area contributed by atoms with Gasteiger partial charge in [0.15, 0.2) is 0 Å². The number of hydrogen-bond acceptors (Lipinski definition) is 7. The molecule has 11 heavy (non-hydrogen) atoms. The normalized spacial score (nSPS) is 11.3. The van der Waals surface area contributed by atoms with E-state index in [2.05, 4.69) is 4.31 Å². The van der Waals surface area contributed by atoms with Gasteiger partial charge in [-0.05, 0) is 0 Å². The van der Waals surface area contributed by atoms with Crippen LogP contribution in [0.25, 0.3) is 0 Å². The SMILES string of the molecule is O=P([O-])([O-])OP(=O)([O-])[O-].[Fe+3].[Fe]. The predicted octanol–water partition coefficient (Wildman–Crippen LogP) is -3.34. The molecule has 0 aromatic carbocycles. The molecule has 11 heteroatoms. The fourth-order valence-electron chi connectivity index (χ4n) is 0.122. The molecule has 0 aliphatic carbocycles. The van der Waals surface area contributed by atoms with Crippen molar-refractivity contribution in [3.05, 3.63) is 0 Å². The quantitative estimate of drug-likeness (QED) is 0.382. The standard InChI is InChI=1S/2Fe.H4O7P2/c;;1-8(2,3)7-9(4,5)6/h;;(H2,1,2,3)(H2,4,5,6)/q;+3;/p-4. The average Bonchev–Trinajstić information content (AvgIpc) is 1.14. The fraction of sp³-hybridized carbons (Fsp3) is 0. The molecular formula is Fe2O7P2-. The average molecular weight is 286 g/mol. The predicted molar refractivity (Wildman–Crippen MR) is 16.3 cm³/mol. The van der Waals surface area contributed by atoms with Crippen LogP contribution in [0, 0.1) is 0 Å². The number of rotatable bonds is 2. The van der Waals surface area contributed by atoms with E-state index >= 15 is 0 Å². The molecule has 0 fully saturated rings. The van der Waals surface area contributed by atoms with E-state index in [0.29, 0.717) is 0 Å². The monoisotopic (exact) mass is 286 g/mol. The van der Waals surface area contributed by atoms with Crippen LogP contribution in [-0.4, -0.2) is 0 Å². The van der Waals surface area contributed by atoms with Gasteiger partial charge in [0.1, 0.15) is 0 Å². The molecular weight excluding hydrogens is 286 g/mol. The van der Waals surface area contributed by atoms with Gasteiger partial charge in [-0.3, -0.25) is 0 Å². The Morgan fingerprint density at radius 3 is 1.09 bits per heavy atom. The van der Waals surface area contributed by atoms with Gasteiger partial charge in [0.25, 0.3) is 0 Å². The van der Waals surface area contributed by atoms with Crippen LogP contribution in [0.1, 0.15) is 0 Å². The van der Waals surface area contributed by atoms with Gasteiger partial charge in [-0.1, -0.05) is 0 Å². The van der Waals surface area contributed by atoms with Crippen molar-refractivity contribution in [3.8, 4) is 0 Å². The van der Waals surface area contributed by atoms with E-state index in [1.165, 1.54) is 0 Å². The van der Waals surface area contributed by atoms with Crippen LogP contribution in [0.3, 0.4) is 0 Å². The second-order valence-corrected chi connectivity index (χ2v) is 3.42. The zero-order valence-corrected chi connectivity index (χ0v) is 8.46. The smallest absolute Gasteiger partial charge is 0.790 e. The van der Waals surface area contributed by atoms with Crippen molar-refractivity contribution in [3.63, 3.8) is 0 Å². The van der Waals surface area contributed by atoms with E-state index < -0.39 is 15.6 Å². The Balaban J connectivity index is -0.000000320. The van der Waals surface area contributed by atoms with Gasteiger partial charge in [-0.25, -0.2) is 0 Å². The first-order chi connectivity index (χ1) is 3.71. The molecule has 0 unspecified atom stereocenters. The summed E-state index contributed by atoms with van der Waals surface area (Å²) in [5, 5.41) is 0. The molecule has 7 nitrogen and oxygen atoms in total. The second-order valence-electron chi connectivity index (χ2n) is 0.976. The van der Waals surface area contributed by atoms with E-state index in [0.717, 1.165) is 0 Å². The molecule has 0 saturated carbocycles. The van der Waals surface area contributed by atoms with E-state index in [1.807, 2.05) is 0 Å². The van der Waals surface area contributed by atoms with E-state index in [4.69, 9.17) is 0 Å². The minimum Gasteiger partial charge on any atom is -0.790 e. The molecule has 0 saturated heterocycles. The van der Waals surface area contributed by atoms with Crippen molar-refractivity contribution in [1.82, 2.24) is 0 Å². The summed E-state index contributed by atoms with van der Waals surface area (Å²) in [5.74, 6) is 0. The number of phosphoric acid groups is 2. The fourth-order valence-corrected chi connectivity index (χ4v) is 1.10. The third kappa shape index (κ3) is 18.3. The molecule has 0 aromatic heterocycles. The van der Waals surface area contributed by atoms with Crippen LogP contribution in [0.5, 0.6) is 0 Å². The summed E-state index contributed by atoms with van der Waals surface area (Å²) in [6.07, 6.45) is 0. The van der Waals surface area contributed by atoms with Gasteiger partial charge in [0.2, 0.25) is 0 Å². The Morgan fingerprint density at radius 1 is 0.909 bits per heavy atom. The summed E-state index contributed by atoms with van der Waals surface area (Å²) < 4.78 is 21.2. The molecule has 0 amide bonds. The van der Waals surface area contributed by atoms with Crippen LogP contribution in [-0.2, 0) is 47.6 Å². The minimum absolute atomic E-state index is 0. The van der Waals surface area contributed by atoms with E-state index in [1.54, 1.807) is 0 Å². The van der Waals surface area contributed by atoms with Crippen LogP contribution in [0.15, 0.2) is 0 Å². The maximum Gasteiger partial charge on any atom is 3.00 e. The molecule has 0 aromatic rings. The first-order valence-corrected chi connectivity index (χ1v) is 4.38. The van der Waals surface area contributed by atoms with Gasteiger partial charge in [0, 0.05) is 17.1 Å². The zero-order chi connectivity index (χ0) is 7.71. The third-order valence-corrected chi connectivity index (χ3v) is 1.80. The summed E-state index contributed by atoms with van der Waals surface area (Å²) in [6.45, 7) is 0. The molecule has 0 rings (SSSR count). The first-order valence-electron chi connectivity index (χ1n) is 1.46. The van der Waals surface area contributed by atoms with Crippen LogP contribution >= 0.6 is 15.6 Å². The van der Waals surface area contributed by atoms with E-state index in [-0.39, 0.29) is 34.1 Å². The maximum atomic E-state index is 9.32. The molecule has 0 N–H and O–H groups in total. The molecule has 1 radical (unpaired) electrons. The van der Waals surface area contributed by atoms with Gasteiger partial charge in [0.05, 0.1) is 15.6 Å². The van der Waals surface area contributed by atoms with Crippen molar-refractivity contribution in [2.24, 2.45) is 0 Å². The number of hydrogen-bond donors (Lipinski definition) is 0. The van der Waals surface area contributed by atoms with Gasteiger partial charge < -0.3 is 33.0 Å². The summed E-state index contributed by atoms with van der Waals surface area (Å²) >= 11 is 0. The van der Waals surface area contributed by atoms with Crippen LogP contribution < -0.4 is 19.6 Å². The maximum absolute atomic E-state index is 9.32. The Kier molecular flexibility index (Phi) is 9.68. The van der Waals surface area contributed by atoms with Crippen LogP contribution in [0.4, 0.5) is 0 Å². The molecule has 0 spiro atoms. The van der Waals surface area contributed by atoms with Crippen molar-refractivity contribution in [2.45, 2.75) is 0 Å². The molecule has 0 atom stereocenters.